The minimum atomic E-state index is 0.927. The minimum Gasteiger partial charge on any atom is -0.0841 e. The Morgan fingerprint density at radius 1 is 1.67 bits per heavy atom. The molecule has 34 valence electrons. The quantitative estimate of drug-likeness (QED) is 0.456. The van der Waals surface area contributed by atoms with Gasteiger partial charge in [0, 0.05) is 6.42 Å². The van der Waals surface area contributed by atoms with Crippen molar-refractivity contribution in [1.29, 1.82) is 0 Å². The van der Waals surface area contributed by atoms with E-state index in [-0.39, 0.29) is 0 Å². The highest BCUT2D eigenvalue weighted by atomic mass is 14.6. The van der Waals surface area contributed by atoms with Gasteiger partial charge in [-0.3, -0.25) is 0 Å². The summed E-state index contributed by atoms with van der Waals surface area (Å²) in [5, 5.41) is 0. The first-order valence-corrected chi connectivity index (χ1v) is 2.25. The molecule has 0 bridgehead atoms. The molecule has 0 radical (unpaired) electrons. The van der Waals surface area contributed by atoms with E-state index in [1.807, 2.05) is 6.92 Å². The van der Waals surface area contributed by atoms with Crippen molar-refractivity contribution in [3.05, 3.63) is 4.85 Å². The van der Waals surface area contributed by atoms with Crippen LogP contribution in [0, 0.1) is 6.07 Å². The van der Waals surface area contributed by atoms with Crippen LogP contribution in [0.15, 0.2) is 0 Å². The van der Waals surface area contributed by atoms with Crippen molar-refractivity contribution in [3.8, 4) is 6.07 Å². The molecule has 0 aromatic carbocycles. The normalized spacial score (nSPS) is 6.33. The second-order valence-corrected chi connectivity index (χ2v) is 1.11. The molecule has 0 aliphatic heterocycles. The molecule has 0 N–H and O–H groups in total. The van der Waals surface area contributed by atoms with E-state index < -0.39 is 0 Å². The van der Waals surface area contributed by atoms with E-state index in [1.54, 1.807) is 0 Å². The molecule has 1 nitrogen and oxygen atoms in total. The molecule has 0 fully saturated rings. The SMILES string of the molecule is CC#[N+]CCC. The summed E-state index contributed by atoms with van der Waals surface area (Å²) in [5.74, 6) is 0. The van der Waals surface area contributed by atoms with Crippen molar-refractivity contribution in [2.24, 2.45) is 0 Å². The fourth-order valence-electron chi connectivity index (χ4n) is 0.224. The number of hydrogen-bond donors (Lipinski definition) is 0. The van der Waals surface area contributed by atoms with Crippen molar-refractivity contribution in [2.45, 2.75) is 20.3 Å². The highest BCUT2D eigenvalue weighted by molar-refractivity contribution is 4.78. The van der Waals surface area contributed by atoms with Crippen molar-refractivity contribution in [1.82, 2.24) is 0 Å². The highest BCUT2D eigenvalue weighted by Gasteiger charge is 1.77. The summed E-state index contributed by atoms with van der Waals surface area (Å²) in [4.78, 5) is 3.84. The van der Waals surface area contributed by atoms with Crippen molar-refractivity contribution < 1.29 is 0 Å². The topological polar surface area (TPSA) is 4.36 Å². The molecule has 0 aliphatic rings. The lowest BCUT2D eigenvalue weighted by atomic mass is 10.5. The van der Waals surface area contributed by atoms with Gasteiger partial charge in [0.05, 0.1) is 6.92 Å². The second kappa shape index (κ2) is 4.49. The summed E-state index contributed by atoms with van der Waals surface area (Å²) in [6, 6.07) is 2.69. The lowest BCUT2D eigenvalue weighted by molar-refractivity contribution is 1.03. The molecule has 6 heavy (non-hydrogen) atoms. The standard InChI is InChI=1S/C5H10N/c1-3-5-6-4-2/h3,5H2,1-2H3/q+1. The molecule has 0 heterocycles. The van der Waals surface area contributed by atoms with E-state index >= 15 is 0 Å². The first kappa shape index (κ1) is 5.49. The van der Waals surface area contributed by atoms with Crippen LogP contribution in [-0.2, 0) is 0 Å². The molecule has 0 atom stereocenters. The zero-order valence-corrected chi connectivity index (χ0v) is 4.36. The smallest absolute Gasteiger partial charge is 0.0841 e. The van der Waals surface area contributed by atoms with Crippen LogP contribution in [0.1, 0.15) is 20.3 Å². The second-order valence-electron chi connectivity index (χ2n) is 1.11. The zero-order chi connectivity index (χ0) is 4.83. The fraction of sp³-hybridized carbons (Fsp3) is 0.800. The molecule has 0 aliphatic carbocycles. The maximum atomic E-state index is 3.84. The third kappa shape index (κ3) is 3.49. The molecule has 0 aromatic rings. The highest BCUT2D eigenvalue weighted by Crippen LogP contribution is 1.73. The van der Waals surface area contributed by atoms with Gasteiger partial charge in [-0.2, -0.15) is 0 Å². The maximum Gasteiger partial charge on any atom is 0.269 e. The maximum absolute atomic E-state index is 3.84. The Balaban J connectivity index is 2.79. The van der Waals surface area contributed by atoms with Gasteiger partial charge < -0.3 is 0 Å². The van der Waals surface area contributed by atoms with Crippen LogP contribution in [0.3, 0.4) is 0 Å². The Labute approximate surface area is 38.8 Å². The summed E-state index contributed by atoms with van der Waals surface area (Å²) in [7, 11) is 0. The van der Waals surface area contributed by atoms with Crippen LogP contribution in [0.25, 0.3) is 4.85 Å². The van der Waals surface area contributed by atoms with Crippen molar-refractivity contribution in [2.75, 3.05) is 6.54 Å². The molecule has 0 unspecified atom stereocenters. The minimum absolute atomic E-state index is 0.927. The summed E-state index contributed by atoms with van der Waals surface area (Å²) < 4.78 is 0. The number of nitrogens with zero attached hydrogens (tertiary/aromatic N) is 1. The Morgan fingerprint density at radius 2 is 2.33 bits per heavy atom. The Hall–Kier alpha value is -0.510. The third-order valence-electron chi connectivity index (χ3n) is 0.494. The van der Waals surface area contributed by atoms with Gasteiger partial charge in [-0.05, 0) is 0 Å². The van der Waals surface area contributed by atoms with Gasteiger partial charge in [0.2, 0.25) is 0 Å². The van der Waals surface area contributed by atoms with Crippen molar-refractivity contribution >= 4 is 0 Å². The van der Waals surface area contributed by atoms with E-state index in [0.717, 1.165) is 13.0 Å². The van der Waals surface area contributed by atoms with Crippen LogP contribution >= 0.6 is 0 Å². The molecule has 1 heteroatoms. The fourth-order valence-corrected chi connectivity index (χ4v) is 0.224. The van der Waals surface area contributed by atoms with Crippen LogP contribution in [0.2, 0.25) is 0 Å². The van der Waals surface area contributed by atoms with Gasteiger partial charge in [0.15, 0.2) is 0 Å². The lowest BCUT2D eigenvalue weighted by Gasteiger charge is -1.59. The van der Waals surface area contributed by atoms with E-state index in [2.05, 4.69) is 17.8 Å². The largest absolute Gasteiger partial charge is 0.269 e. The van der Waals surface area contributed by atoms with Gasteiger partial charge in [-0.15, -0.1) is 0 Å². The van der Waals surface area contributed by atoms with Crippen LogP contribution < -0.4 is 0 Å². The monoisotopic (exact) mass is 84.1 g/mol. The Kier molecular flexibility index (Phi) is 4.11. The van der Waals surface area contributed by atoms with Gasteiger partial charge in [-0.1, -0.05) is 11.8 Å². The summed E-state index contributed by atoms with van der Waals surface area (Å²) in [6.45, 7) is 4.84. The number of hydrogen-bond acceptors (Lipinski definition) is 0. The molecular formula is C5H10N+. The summed E-state index contributed by atoms with van der Waals surface area (Å²) >= 11 is 0. The summed E-state index contributed by atoms with van der Waals surface area (Å²) in [5.41, 5.74) is 0. The average molecular weight is 84.1 g/mol. The lowest BCUT2D eigenvalue weighted by Crippen LogP contribution is -1.64. The van der Waals surface area contributed by atoms with Gasteiger partial charge in [-0.25, -0.2) is 0 Å². The first-order valence-electron chi connectivity index (χ1n) is 2.25. The van der Waals surface area contributed by atoms with Gasteiger partial charge >= 0.3 is 0 Å². The molecule has 0 saturated carbocycles. The third-order valence-corrected chi connectivity index (χ3v) is 0.494. The summed E-state index contributed by atoms with van der Waals surface area (Å²) in [6.07, 6.45) is 1.13. The first-order chi connectivity index (χ1) is 2.91. The predicted molar refractivity (Wildman–Crippen MR) is 28.1 cm³/mol. The average Bonchev–Trinajstić information content (AvgIpc) is 1.61. The van der Waals surface area contributed by atoms with Crippen molar-refractivity contribution in [3.63, 3.8) is 0 Å². The predicted octanol–water partition coefficient (Wildman–Crippen LogP) is 1.75. The zero-order valence-electron chi connectivity index (χ0n) is 4.36. The number of rotatable bonds is 1. The molecule has 0 rings (SSSR count). The Morgan fingerprint density at radius 3 is 2.50 bits per heavy atom. The van der Waals surface area contributed by atoms with Crippen LogP contribution in [-0.4, -0.2) is 6.54 Å². The molecule has 0 amide bonds. The molecular weight excluding hydrogens is 74.1 g/mol. The van der Waals surface area contributed by atoms with E-state index in [1.165, 1.54) is 0 Å². The van der Waals surface area contributed by atoms with Crippen LogP contribution in [0.5, 0.6) is 0 Å². The Bertz CT molecular complexity index is 65.7. The van der Waals surface area contributed by atoms with E-state index in [0.29, 0.717) is 0 Å². The van der Waals surface area contributed by atoms with E-state index in [4.69, 9.17) is 0 Å². The molecule has 0 saturated heterocycles. The molecule has 0 aromatic heterocycles. The molecule has 0 spiro atoms. The van der Waals surface area contributed by atoms with Crippen LogP contribution in [0.4, 0.5) is 0 Å². The van der Waals surface area contributed by atoms with Gasteiger partial charge in [0.25, 0.3) is 12.6 Å². The van der Waals surface area contributed by atoms with E-state index in [9.17, 15) is 0 Å². The van der Waals surface area contributed by atoms with Gasteiger partial charge in [0.1, 0.15) is 0 Å².